The summed E-state index contributed by atoms with van der Waals surface area (Å²) in [5, 5.41) is 5.46. The van der Waals surface area contributed by atoms with Gasteiger partial charge in [0, 0.05) is 21.0 Å². The zero-order valence-electron chi connectivity index (χ0n) is 16.1. The average Bonchev–Trinajstić information content (AvgIpc) is 3.13. The van der Waals surface area contributed by atoms with Crippen LogP contribution in [0.4, 0.5) is 5.69 Å². The second kappa shape index (κ2) is 8.71. The van der Waals surface area contributed by atoms with Gasteiger partial charge in [0.1, 0.15) is 11.8 Å². The molecule has 2 N–H and O–H groups in total. The lowest BCUT2D eigenvalue weighted by molar-refractivity contribution is -0.126. The minimum absolute atomic E-state index is 0.0422. The van der Waals surface area contributed by atoms with Crippen molar-refractivity contribution in [3.8, 4) is 5.75 Å². The third-order valence-electron chi connectivity index (χ3n) is 4.72. The molecule has 1 saturated carbocycles. The molecular formula is C18H27N3O5S. The van der Waals surface area contributed by atoms with E-state index in [1.54, 1.807) is 0 Å². The number of ether oxygens (including phenoxy) is 1. The highest BCUT2D eigenvalue weighted by Crippen LogP contribution is 2.31. The molecule has 1 aliphatic rings. The molecule has 1 aromatic carbocycles. The summed E-state index contributed by atoms with van der Waals surface area (Å²) in [6, 6.07) is 3.62. The predicted molar refractivity (Wildman–Crippen MR) is 102 cm³/mol. The molecule has 150 valence electrons. The van der Waals surface area contributed by atoms with Crippen LogP contribution in [0.1, 0.15) is 32.6 Å². The first-order valence-corrected chi connectivity index (χ1v) is 10.3. The van der Waals surface area contributed by atoms with Crippen LogP contribution in [-0.4, -0.2) is 51.8 Å². The first-order valence-electron chi connectivity index (χ1n) is 8.85. The first kappa shape index (κ1) is 21.2. The maximum atomic E-state index is 12.9. The van der Waals surface area contributed by atoms with Crippen LogP contribution >= 0.6 is 0 Å². The van der Waals surface area contributed by atoms with Gasteiger partial charge in [-0.05, 0) is 37.0 Å². The molecule has 8 nitrogen and oxygen atoms in total. The number of carbonyl (C=O) groups is 2. The van der Waals surface area contributed by atoms with E-state index in [0.717, 1.165) is 30.0 Å². The van der Waals surface area contributed by atoms with E-state index in [0.29, 0.717) is 5.75 Å². The zero-order valence-corrected chi connectivity index (χ0v) is 16.9. The molecule has 0 spiro atoms. The zero-order chi connectivity index (χ0) is 20.2. The molecule has 1 aliphatic carbocycles. The summed E-state index contributed by atoms with van der Waals surface area (Å²) >= 11 is 0. The minimum atomic E-state index is -3.66. The van der Waals surface area contributed by atoms with Crippen LogP contribution in [0.3, 0.4) is 0 Å². The third kappa shape index (κ3) is 4.98. The molecule has 27 heavy (non-hydrogen) atoms. The summed E-state index contributed by atoms with van der Waals surface area (Å²) in [7, 11) is 0.650. The summed E-state index contributed by atoms with van der Waals surface area (Å²) in [5.74, 6) is -0.254. The van der Waals surface area contributed by atoms with Gasteiger partial charge in [-0.1, -0.05) is 12.8 Å². The Kier molecular flexibility index (Phi) is 6.83. The maximum Gasteiger partial charge on any atom is 0.247 e. The summed E-state index contributed by atoms with van der Waals surface area (Å²) in [5.41, 5.74) is 0.249. The second-order valence-corrected chi connectivity index (χ2v) is 9.01. The van der Waals surface area contributed by atoms with Crippen molar-refractivity contribution in [3.05, 3.63) is 18.2 Å². The average molecular weight is 397 g/mol. The Hall–Kier alpha value is -2.13. The van der Waals surface area contributed by atoms with Crippen molar-refractivity contribution in [3.63, 3.8) is 0 Å². The first-order chi connectivity index (χ1) is 12.7. The van der Waals surface area contributed by atoms with Crippen molar-refractivity contribution >= 4 is 27.5 Å². The van der Waals surface area contributed by atoms with Gasteiger partial charge < -0.3 is 15.4 Å². The van der Waals surface area contributed by atoms with Crippen LogP contribution in [0, 0.1) is 5.92 Å². The topological polar surface area (TPSA) is 105 Å². The van der Waals surface area contributed by atoms with Crippen LogP contribution in [0.5, 0.6) is 5.75 Å². The lowest BCUT2D eigenvalue weighted by atomic mass is 9.97. The Morgan fingerprint density at radius 1 is 1.22 bits per heavy atom. The van der Waals surface area contributed by atoms with E-state index in [-0.39, 0.29) is 28.3 Å². The Bertz CT molecular complexity index is 801. The highest BCUT2D eigenvalue weighted by atomic mass is 32.2. The van der Waals surface area contributed by atoms with Gasteiger partial charge >= 0.3 is 0 Å². The Balaban J connectivity index is 2.32. The highest BCUT2D eigenvalue weighted by Gasteiger charge is 2.32. The number of hydrogen-bond donors (Lipinski definition) is 2. The van der Waals surface area contributed by atoms with Crippen molar-refractivity contribution in [2.45, 2.75) is 43.5 Å². The molecule has 0 saturated heterocycles. The molecule has 1 fully saturated rings. The Morgan fingerprint density at radius 2 is 1.85 bits per heavy atom. The van der Waals surface area contributed by atoms with Gasteiger partial charge in [-0.25, -0.2) is 12.7 Å². The van der Waals surface area contributed by atoms with Gasteiger partial charge in [0.2, 0.25) is 21.8 Å². The predicted octanol–water partition coefficient (Wildman–Crippen LogP) is 1.58. The number of hydrogen-bond acceptors (Lipinski definition) is 5. The second-order valence-electron chi connectivity index (χ2n) is 6.86. The molecule has 0 aromatic heterocycles. The molecule has 9 heteroatoms. The number of carbonyl (C=O) groups excluding carboxylic acids is 2. The molecule has 1 atom stereocenters. The van der Waals surface area contributed by atoms with E-state index >= 15 is 0 Å². The summed E-state index contributed by atoms with van der Waals surface area (Å²) < 4.78 is 31.1. The van der Waals surface area contributed by atoms with E-state index < -0.39 is 16.1 Å². The monoisotopic (exact) mass is 397 g/mol. The fourth-order valence-electron chi connectivity index (χ4n) is 3.27. The smallest absolute Gasteiger partial charge is 0.247 e. The lowest BCUT2D eigenvalue weighted by Gasteiger charge is -2.24. The number of rotatable bonds is 7. The fourth-order valence-corrected chi connectivity index (χ4v) is 4.20. The minimum Gasteiger partial charge on any atom is -0.495 e. The van der Waals surface area contributed by atoms with Crippen LogP contribution in [-0.2, 0) is 19.6 Å². The number of amides is 2. The molecule has 2 rings (SSSR count). The Labute approximate surface area is 160 Å². The van der Waals surface area contributed by atoms with Gasteiger partial charge in [0.05, 0.1) is 17.7 Å². The van der Waals surface area contributed by atoms with E-state index in [9.17, 15) is 18.0 Å². The quantitative estimate of drug-likeness (QED) is 0.727. The third-order valence-corrected chi connectivity index (χ3v) is 6.53. The van der Waals surface area contributed by atoms with Crippen molar-refractivity contribution in [1.29, 1.82) is 0 Å². The van der Waals surface area contributed by atoms with Crippen molar-refractivity contribution < 1.29 is 22.7 Å². The van der Waals surface area contributed by atoms with Crippen molar-refractivity contribution in [2.75, 3.05) is 26.5 Å². The molecule has 0 heterocycles. The van der Waals surface area contributed by atoms with Crippen LogP contribution in [0.15, 0.2) is 23.1 Å². The largest absolute Gasteiger partial charge is 0.495 e. The summed E-state index contributed by atoms with van der Waals surface area (Å²) in [6.45, 7) is 1.38. The highest BCUT2D eigenvalue weighted by molar-refractivity contribution is 7.89. The van der Waals surface area contributed by atoms with E-state index in [1.165, 1.54) is 46.3 Å². The van der Waals surface area contributed by atoms with Crippen LogP contribution in [0.25, 0.3) is 0 Å². The molecule has 0 bridgehead atoms. The standard InChI is InChI=1S/C18H27N3O5S/c1-12(22)19-17(13-7-5-6-8-13)18(23)20-15-11-14(9-10-16(15)26-4)27(24,25)21(2)3/h9-11,13,17H,5-8H2,1-4H3,(H,19,22)(H,20,23). The Morgan fingerprint density at radius 3 is 2.37 bits per heavy atom. The fraction of sp³-hybridized carbons (Fsp3) is 0.556. The normalized spacial score (nSPS) is 16.2. The van der Waals surface area contributed by atoms with E-state index in [2.05, 4.69) is 10.6 Å². The van der Waals surface area contributed by atoms with Crippen molar-refractivity contribution in [2.24, 2.45) is 5.92 Å². The van der Waals surface area contributed by atoms with Gasteiger partial charge in [0.25, 0.3) is 0 Å². The van der Waals surface area contributed by atoms with Gasteiger partial charge in [-0.2, -0.15) is 0 Å². The SMILES string of the molecule is COc1ccc(S(=O)(=O)N(C)C)cc1NC(=O)C(NC(C)=O)C1CCCC1. The molecule has 2 amide bonds. The molecule has 0 aliphatic heterocycles. The summed E-state index contributed by atoms with van der Waals surface area (Å²) in [6.07, 6.45) is 3.77. The molecule has 1 unspecified atom stereocenters. The molecule has 1 aromatic rings. The van der Waals surface area contributed by atoms with Crippen molar-refractivity contribution in [1.82, 2.24) is 9.62 Å². The number of anilines is 1. The number of sulfonamides is 1. The van der Waals surface area contributed by atoms with Gasteiger partial charge in [-0.3, -0.25) is 9.59 Å². The molecule has 0 radical (unpaired) electrons. The lowest BCUT2D eigenvalue weighted by Crippen LogP contribution is -2.47. The van der Waals surface area contributed by atoms with Crippen LogP contribution < -0.4 is 15.4 Å². The number of methoxy groups -OCH3 is 1. The number of nitrogens with zero attached hydrogens (tertiary/aromatic N) is 1. The summed E-state index contributed by atoms with van der Waals surface area (Å²) in [4.78, 5) is 24.4. The van der Waals surface area contributed by atoms with Gasteiger partial charge in [0.15, 0.2) is 0 Å². The maximum absolute atomic E-state index is 12.9. The number of benzene rings is 1. The van der Waals surface area contributed by atoms with Crippen LogP contribution in [0.2, 0.25) is 0 Å². The van der Waals surface area contributed by atoms with Gasteiger partial charge in [-0.15, -0.1) is 0 Å². The van der Waals surface area contributed by atoms with E-state index in [4.69, 9.17) is 4.74 Å². The van der Waals surface area contributed by atoms with E-state index in [1.807, 2.05) is 0 Å². The molecular weight excluding hydrogens is 370 g/mol. The number of nitrogens with one attached hydrogen (secondary N) is 2.